The first-order valence-electron chi connectivity index (χ1n) is 4.26. The maximum atomic E-state index is 11.5. The van der Waals surface area contributed by atoms with Crippen molar-refractivity contribution in [2.45, 2.75) is 26.3 Å². The molecule has 76 valence electrons. The van der Waals surface area contributed by atoms with Crippen LogP contribution in [0.2, 0.25) is 0 Å². The average Bonchev–Trinajstić information content (AvgIpc) is 2.01. The Kier molecular flexibility index (Phi) is 2.69. The second-order valence-electron chi connectivity index (χ2n) is 3.97. The van der Waals surface area contributed by atoms with Crippen LogP contribution in [0, 0.1) is 0 Å². The molecular formula is C9H13N3O2. The van der Waals surface area contributed by atoms with Crippen molar-refractivity contribution in [2.75, 3.05) is 0 Å². The molecule has 0 aromatic carbocycles. The van der Waals surface area contributed by atoms with Crippen molar-refractivity contribution in [1.82, 2.24) is 15.3 Å². The van der Waals surface area contributed by atoms with Gasteiger partial charge in [0.15, 0.2) is 5.69 Å². The largest absolute Gasteiger partial charge is 0.346 e. The summed E-state index contributed by atoms with van der Waals surface area (Å²) in [5, 5.41) is 2.65. The minimum absolute atomic E-state index is 0.109. The zero-order valence-electron chi connectivity index (χ0n) is 8.42. The number of H-pyrrole nitrogens is 1. The number of nitrogens with one attached hydrogen (secondary N) is 2. The highest BCUT2D eigenvalue weighted by Gasteiger charge is 2.18. The topological polar surface area (TPSA) is 74.8 Å². The van der Waals surface area contributed by atoms with Crippen LogP contribution in [0.1, 0.15) is 31.3 Å². The maximum absolute atomic E-state index is 11.5. The molecule has 5 nitrogen and oxygen atoms in total. The second kappa shape index (κ2) is 3.61. The van der Waals surface area contributed by atoms with Crippen molar-refractivity contribution in [3.8, 4) is 0 Å². The van der Waals surface area contributed by atoms with E-state index >= 15 is 0 Å². The van der Waals surface area contributed by atoms with Gasteiger partial charge < -0.3 is 10.3 Å². The van der Waals surface area contributed by atoms with Crippen molar-refractivity contribution in [3.63, 3.8) is 0 Å². The molecule has 0 fully saturated rings. The minimum atomic E-state index is -0.478. The van der Waals surface area contributed by atoms with Crippen LogP contribution in [-0.2, 0) is 0 Å². The Hall–Kier alpha value is -1.65. The quantitative estimate of drug-likeness (QED) is 0.676. The molecule has 0 saturated heterocycles. The summed E-state index contributed by atoms with van der Waals surface area (Å²) in [7, 11) is 0. The van der Waals surface area contributed by atoms with Gasteiger partial charge in [-0.25, -0.2) is 4.98 Å². The molecule has 2 N–H and O–H groups in total. The first kappa shape index (κ1) is 10.4. The van der Waals surface area contributed by atoms with Crippen molar-refractivity contribution in [1.29, 1.82) is 0 Å². The SMILES string of the molecule is CC(C)(C)NC(=O)c1ncc[nH]c1=O. The summed E-state index contributed by atoms with van der Waals surface area (Å²) in [4.78, 5) is 28.7. The Bertz CT molecular complexity index is 390. The van der Waals surface area contributed by atoms with Gasteiger partial charge in [0.2, 0.25) is 0 Å². The lowest BCUT2D eigenvalue weighted by Crippen LogP contribution is -2.43. The van der Waals surface area contributed by atoms with Crippen molar-refractivity contribution >= 4 is 5.91 Å². The number of hydrogen-bond donors (Lipinski definition) is 2. The molecule has 0 spiro atoms. The molecule has 5 heteroatoms. The van der Waals surface area contributed by atoms with Gasteiger partial charge in [0.05, 0.1) is 0 Å². The molecule has 1 heterocycles. The Balaban J connectivity index is 2.92. The zero-order valence-corrected chi connectivity index (χ0v) is 8.42. The lowest BCUT2D eigenvalue weighted by molar-refractivity contribution is 0.0912. The third kappa shape index (κ3) is 2.69. The van der Waals surface area contributed by atoms with Crippen LogP contribution in [0.4, 0.5) is 0 Å². The highest BCUT2D eigenvalue weighted by Crippen LogP contribution is 1.99. The first-order valence-corrected chi connectivity index (χ1v) is 4.26. The third-order valence-corrected chi connectivity index (χ3v) is 1.41. The van der Waals surface area contributed by atoms with Gasteiger partial charge >= 0.3 is 0 Å². The van der Waals surface area contributed by atoms with Gasteiger partial charge in [-0.3, -0.25) is 9.59 Å². The molecule has 0 bridgehead atoms. The molecule has 1 aromatic heterocycles. The number of carbonyl (C=O) groups is 1. The number of amides is 1. The fourth-order valence-corrected chi connectivity index (χ4v) is 0.913. The number of rotatable bonds is 1. The van der Waals surface area contributed by atoms with E-state index in [1.807, 2.05) is 20.8 Å². The minimum Gasteiger partial charge on any atom is -0.346 e. The van der Waals surface area contributed by atoms with Crippen LogP contribution >= 0.6 is 0 Å². The number of nitrogens with zero attached hydrogens (tertiary/aromatic N) is 1. The van der Waals surface area contributed by atoms with Crippen molar-refractivity contribution in [3.05, 3.63) is 28.4 Å². The second-order valence-corrected chi connectivity index (χ2v) is 3.97. The molecule has 0 aliphatic carbocycles. The summed E-state index contributed by atoms with van der Waals surface area (Å²) in [6.07, 6.45) is 2.76. The van der Waals surface area contributed by atoms with Crippen molar-refractivity contribution < 1.29 is 4.79 Å². The van der Waals surface area contributed by atoms with Crippen LogP contribution < -0.4 is 10.9 Å². The molecule has 0 unspecified atom stereocenters. The van der Waals surface area contributed by atoms with E-state index in [1.54, 1.807) is 0 Å². The van der Waals surface area contributed by atoms with E-state index in [9.17, 15) is 9.59 Å². The average molecular weight is 195 g/mol. The third-order valence-electron chi connectivity index (χ3n) is 1.41. The zero-order chi connectivity index (χ0) is 10.8. The Labute approximate surface area is 81.6 Å². The van der Waals surface area contributed by atoms with Crippen molar-refractivity contribution in [2.24, 2.45) is 0 Å². The molecule has 1 aromatic rings. The predicted octanol–water partition coefficient (Wildman–Crippen LogP) is 0.298. The highest BCUT2D eigenvalue weighted by molar-refractivity contribution is 5.92. The predicted molar refractivity (Wildman–Crippen MR) is 52.1 cm³/mol. The van der Waals surface area contributed by atoms with E-state index in [1.165, 1.54) is 12.4 Å². The standard InChI is InChI=1S/C9H13N3O2/c1-9(2,3)12-8(14)6-7(13)11-5-4-10-6/h4-5H,1-3H3,(H,11,13)(H,12,14). The van der Waals surface area contributed by atoms with Gasteiger partial charge in [0.25, 0.3) is 11.5 Å². The van der Waals surface area contributed by atoms with E-state index < -0.39 is 11.5 Å². The van der Waals surface area contributed by atoms with Gasteiger partial charge in [0.1, 0.15) is 0 Å². The van der Waals surface area contributed by atoms with Crippen LogP contribution in [0.5, 0.6) is 0 Å². The van der Waals surface area contributed by atoms with E-state index in [4.69, 9.17) is 0 Å². The molecule has 1 amide bonds. The Morgan fingerprint density at radius 2 is 2.14 bits per heavy atom. The summed E-state index contributed by atoms with van der Waals surface area (Å²) in [5.41, 5.74) is -0.960. The van der Waals surface area contributed by atoms with Crippen LogP contribution in [0.3, 0.4) is 0 Å². The Morgan fingerprint density at radius 3 is 2.64 bits per heavy atom. The maximum Gasteiger partial charge on any atom is 0.279 e. The first-order chi connectivity index (χ1) is 6.40. The number of aromatic nitrogens is 2. The van der Waals surface area contributed by atoms with Crippen LogP contribution in [-0.4, -0.2) is 21.4 Å². The monoisotopic (exact) mass is 195 g/mol. The number of aromatic amines is 1. The molecule has 0 saturated carbocycles. The van der Waals surface area contributed by atoms with Gasteiger partial charge in [-0.05, 0) is 20.8 Å². The van der Waals surface area contributed by atoms with E-state index in [2.05, 4.69) is 15.3 Å². The summed E-state index contributed by atoms with van der Waals surface area (Å²) in [5.74, 6) is -0.459. The van der Waals surface area contributed by atoms with Crippen LogP contribution in [0.25, 0.3) is 0 Å². The highest BCUT2D eigenvalue weighted by atomic mass is 16.2. The summed E-state index contributed by atoms with van der Waals surface area (Å²) in [6, 6.07) is 0. The molecular weight excluding hydrogens is 182 g/mol. The van der Waals surface area contributed by atoms with Gasteiger partial charge in [-0.15, -0.1) is 0 Å². The van der Waals surface area contributed by atoms with E-state index in [-0.39, 0.29) is 11.2 Å². The molecule has 0 aliphatic heterocycles. The van der Waals surface area contributed by atoms with E-state index in [0.717, 1.165) is 0 Å². The number of carbonyl (C=O) groups excluding carboxylic acids is 1. The molecule has 0 radical (unpaired) electrons. The normalized spacial score (nSPS) is 11.1. The Morgan fingerprint density at radius 1 is 1.50 bits per heavy atom. The molecule has 0 atom stereocenters. The van der Waals surface area contributed by atoms with Gasteiger partial charge in [-0.2, -0.15) is 0 Å². The lowest BCUT2D eigenvalue weighted by Gasteiger charge is -2.19. The lowest BCUT2D eigenvalue weighted by atomic mass is 10.1. The number of hydrogen-bond acceptors (Lipinski definition) is 3. The fourth-order valence-electron chi connectivity index (χ4n) is 0.913. The summed E-state index contributed by atoms with van der Waals surface area (Å²) < 4.78 is 0. The summed E-state index contributed by atoms with van der Waals surface area (Å²) in [6.45, 7) is 5.51. The summed E-state index contributed by atoms with van der Waals surface area (Å²) >= 11 is 0. The molecule has 14 heavy (non-hydrogen) atoms. The fraction of sp³-hybridized carbons (Fsp3) is 0.444. The molecule has 0 aliphatic rings. The van der Waals surface area contributed by atoms with Gasteiger partial charge in [-0.1, -0.05) is 0 Å². The van der Waals surface area contributed by atoms with Gasteiger partial charge in [0, 0.05) is 17.9 Å². The van der Waals surface area contributed by atoms with E-state index in [0.29, 0.717) is 0 Å². The van der Waals surface area contributed by atoms with Crippen LogP contribution in [0.15, 0.2) is 17.2 Å². The molecule has 1 rings (SSSR count). The smallest absolute Gasteiger partial charge is 0.279 e.